The van der Waals surface area contributed by atoms with Crippen molar-refractivity contribution >= 4 is 21.8 Å². The maximum absolute atomic E-state index is 9.49. The van der Waals surface area contributed by atoms with E-state index in [0.717, 1.165) is 5.56 Å². The van der Waals surface area contributed by atoms with Gasteiger partial charge in [-0.15, -0.1) is 0 Å². The first-order valence-electron chi connectivity index (χ1n) is 7.01. The molecule has 0 radical (unpaired) electrons. The van der Waals surface area contributed by atoms with E-state index in [4.69, 9.17) is 0 Å². The smallest absolute Gasteiger partial charge is 0.115 e. The van der Waals surface area contributed by atoms with Crippen molar-refractivity contribution in [1.82, 2.24) is 4.57 Å². The van der Waals surface area contributed by atoms with Gasteiger partial charge in [0.15, 0.2) is 0 Å². The fourth-order valence-electron chi connectivity index (χ4n) is 3.09. The largest absolute Gasteiger partial charge is 0.508 e. The van der Waals surface area contributed by atoms with Crippen LogP contribution in [0.2, 0.25) is 0 Å². The molecule has 0 amide bonds. The van der Waals surface area contributed by atoms with Gasteiger partial charge in [-0.25, -0.2) is 0 Å². The van der Waals surface area contributed by atoms with Crippen LogP contribution in [0, 0.1) is 0 Å². The van der Waals surface area contributed by atoms with Gasteiger partial charge in [-0.1, -0.05) is 42.5 Å². The lowest BCUT2D eigenvalue weighted by Crippen LogP contribution is -1.86. The average molecular weight is 273 g/mol. The Kier molecular flexibility index (Phi) is 2.51. The first kappa shape index (κ1) is 12.0. The number of aromatic hydroxyl groups is 1. The monoisotopic (exact) mass is 273 g/mol. The highest BCUT2D eigenvalue weighted by Crippen LogP contribution is 2.36. The van der Waals surface area contributed by atoms with Gasteiger partial charge in [-0.3, -0.25) is 0 Å². The molecule has 2 heteroatoms. The number of hydrogen-bond donors (Lipinski definition) is 1. The van der Waals surface area contributed by atoms with Gasteiger partial charge in [0.05, 0.1) is 0 Å². The molecule has 0 fully saturated rings. The summed E-state index contributed by atoms with van der Waals surface area (Å²) in [4.78, 5) is 0. The Morgan fingerprint density at radius 3 is 2.29 bits per heavy atom. The van der Waals surface area contributed by atoms with Crippen molar-refractivity contribution in [3.05, 3.63) is 66.7 Å². The fourth-order valence-corrected chi connectivity index (χ4v) is 3.09. The number of phenolic OH excluding ortho intramolecular Hbond substituents is 1. The molecule has 0 unspecified atom stereocenters. The summed E-state index contributed by atoms with van der Waals surface area (Å²) in [7, 11) is 2.10. The van der Waals surface area contributed by atoms with E-state index in [1.54, 1.807) is 12.1 Å². The van der Waals surface area contributed by atoms with Crippen LogP contribution in [0.15, 0.2) is 66.7 Å². The summed E-state index contributed by atoms with van der Waals surface area (Å²) in [6.07, 6.45) is 0. The van der Waals surface area contributed by atoms with Crippen LogP contribution in [-0.4, -0.2) is 9.67 Å². The average Bonchev–Trinajstić information content (AvgIpc) is 2.82. The molecule has 0 saturated carbocycles. The number of hydrogen-bond acceptors (Lipinski definition) is 1. The lowest BCUT2D eigenvalue weighted by molar-refractivity contribution is 0.475. The molecule has 2 nitrogen and oxygen atoms in total. The van der Waals surface area contributed by atoms with Crippen molar-refractivity contribution in [3.8, 4) is 16.9 Å². The summed E-state index contributed by atoms with van der Waals surface area (Å²) in [5.41, 5.74) is 4.78. The Balaban J connectivity index is 2.15. The van der Waals surface area contributed by atoms with E-state index < -0.39 is 0 Å². The van der Waals surface area contributed by atoms with Gasteiger partial charge in [0.2, 0.25) is 0 Å². The summed E-state index contributed by atoms with van der Waals surface area (Å²) in [6.45, 7) is 0. The Labute approximate surface area is 122 Å². The minimum absolute atomic E-state index is 0.295. The van der Waals surface area contributed by atoms with Crippen LogP contribution in [-0.2, 0) is 7.05 Å². The van der Waals surface area contributed by atoms with Crippen LogP contribution >= 0.6 is 0 Å². The number of para-hydroxylation sites is 1. The second-order valence-electron chi connectivity index (χ2n) is 5.32. The summed E-state index contributed by atoms with van der Waals surface area (Å²) in [5.74, 6) is 0.295. The minimum Gasteiger partial charge on any atom is -0.508 e. The number of rotatable bonds is 1. The van der Waals surface area contributed by atoms with Crippen molar-refractivity contribution in [2.45, 2.75) is 0 Å². The zero-order chi connectivity index (χ0) is 14.4. The van der Waals surface area contributed by atoms with E-state index in [2.05, 4.69) is 54.1 Å². The third-order valence-corrected chi connectivity index (χ3v) is 4.12. The minimum atomic E-state index is 0.295. The van der Waals surface area contributed by atoms with Gasteiger partial charge in [-0.05, 0) is 35.4 Å². The van der Waals surface area contributed by atoms with Crippen LogP contribution in [0.1, 0.15) is 0 Å². The first-order valence-corrected chi connectivity index (χ1v) is 7.01. The first-order chi connectivity index (χ1) is 10.3. The van der Waals surface area contributed by atoms with E-state index in [1.807, 2.05) is 12.1 Å². The van der Waals surface area contributed by atoms with Crippen LogP contribution in [0.25, 0.3) is 32.9 Å². The Hall–Kier alpha value is -2.74. The van der Waals surface area contributed by atoms with E-state index in [0.29, 0.717) is 5.75 Å². The highest BCUT2D eigenvalue weighted by Gasteiger charge is 2.12. The molecule has 1 heterocycles. The van der Waals surface area contributed by atoms with Crippen molar-refractivity contribution in [1.29, 1.82) is 0 Å². The number of nitrogens with zero attached hydrogens (tertiary/aromatic N) is 1. The maximum atomic E-state index is 9.49. The number of aromatic nitrogens is 1. The van der Waals surface area contributed by atoms with Gasteiger partial charge < -0.3 is 9.67 Å². The molecule has 0 aliphatic carbocycles. The van der Waals surface area contributed by atoms with E-state index in [9.17, 15) is 5.11 Å². The van der Waals surface area contributed by atoms with Gasteiger partial charge in [0.25, 0.3) is 0 Å². The molecule has 0 spiro atoms. The van der Waals surface area contributed by atoms with Crippen LogP contribution in [0.3, 0.4) is 0 Å². The van der Waals surface area contributed by atoms with Crippen molar-refractivity contribution < 1.29 is 5.11 Å². The molecule has 4 aromatic rings. The summed E-state index contributed by atoms with van der Waals surface area (Å²) in [5, 5.41) is 12.0. The number of aryl methyl sites for hydroxylation is 1. The molecule has 21 heavy (non-hydrogen) atoms. The molecule has 0 saturated heterocycles. The molecule has 0 aliphatic heterocycles. The molecule has 102 valence electrons. The second-order valence-corrected chi connectivity index (χ2v) is 5.32. The Morgan fingerprint density at radius 2 is 1.48 bits per heavy atom. The molecule has 3 aromatic carbocycles. The van der Waals surface area contributed by atoms with E-state index >= 15 is 0 Å². The number of fused-ring (bicyclic) bond motifs is 3. The molecular formula is C19H15NO. The van der Waals surface area contributed by atoms with E-state index in [1.165, 1.54) is 27.4 Å². The molecule has 1 N–H and O–H groups in total. The molecule has 0 aliphatic rings. The standard InChI is InChI=1S/C19H15NO/c1-20-17-7-3-2-5-16(17)19-15(6-4-8-18(19)20)13-9-11-14(21)12-10-13/h2-12,21H,1H3. The van der Waals surface area contributed by atoms with Gasteiger partial charge >= 0.3 is 0 Å². The zero-order valence-corrected chi connectivity index (χ0v) is 11.7. The van der Waals surface area contributed by atoms with Crippen LogP contribution in [0.5, 0.6) is 5.75 Å². The fraction of sp³-hybridized carbons (Fsp3) is 0.0526. The Bertz CT molecular complexity index is 949. The Morgan fingerprint density at radius 1 is 0.762 bits per heavy atom. The molecule has 4 rings (SSSR count). The lowest BCUT2D eigenvalue weighted by atomic mass is 9.99. The third-order valence-electron chi connectivity index (χ3n) is 4.12. The molecular weight excluding hydrogens is 258 g/mol. The molecule has 0 atom stereocenters. The van der Waals surface area contributed by atoms with E-state index in [-0.39, 0.29) is 0 Å². The van der Waals surface area contributed by atoms with Crippen LogP contribution < -0.4 is 0 Å². The van der Waals surface area contributed by atoms with Crippen molar-refractivity contribution in [2.24, 2.45) is 7.05 Å². The molecule has 0 bridgehead atoms. The predicted octanol–water partition coefficient (Wildman–Crippen LogP) is 4.70. The highest BCUT2D eigenvalue weighted by molar-refractivity contribution is 6.14. The predicted molar refractivity (Wildman–Crippen MR) is 87.5 cm³/mol. The molecule has 1 aromatic heterocycles. The van der Waals surface area contributed by atoms with Crippen molar-refractivity contribution in [2.75, 3.05) is 0 Å². The number of phenols is 1. The number of benzene rings is 3. The van der Waals surface area contributed by atoms with Gasteiger partial charge in [0, 0.05) is 28.9 Å². The summed E-state index contributed by atoms with van der Waals surface area (Å²) >= 11 is 0. The normalized spacial score (nSPS) is 11.3. The quantitative estimate of drug-likeness (QED) is 0.534. The van der Waals surface area contributed by atoms with Crippen LogP contribution in [0.4, 0.5) is 0 Å². The summed E-state index contributed by atoms with van der Waals surface area (Å²) < 4.78 is 2.23. The third kappa shape index (κ3) is 1.73. The van der Waals surface area contributed by atoms with Crippen molar-refractivity contribution in [3.63, 3.8) is 0 Å². The lowest BCUT2D eigenvalue weighted by Gasteiger charge is -2.05. The maximum Gasteiger partial charge on any atom is 0.115 e. The van der Waals surface area contributed by atoms with Gasteiger partial charge in [0.1, 0.15) is 5.75 Å². The highest BCUT2D eigenvalue weighted by atomic mass is 16.3. The summed E-state index contributed by atoms with van der Waals surface area (Å²) in [6, 6.07) is 22.2. The second kappa shape index (κ2) is 4.38. The SMILES string of the molecule is Cn1c2ccccc2c2c(-c3ccc(O)cc3)cccc21. The topological polar surface area (TPSA) is 25.2 Å². The van der Waals surface area contributed by atoms with Gasteiger partial charge in [-0.2, -0.15) is 0 Å². The zero-order valence-electron chi connectivity index (χ0n) is 11.7.